The first-order valence-corrected chi connectivity index (χ1v) is 18.2. The number of alkyl halides is 17. The molecule has 0 nitrogen and oxygen atoms in total. The van der Waals surface area contributed by atoms with Gasteiger partial charge >= 0.3 is 47.6 Å². The number of halogens is 17. The molecule has 0 heterocycles. The highest BCUT2D eigenvalue weighted by molar-refractivity contribution is 7.80. The minimum Gasteiger partial charge on any atom is -0.200 e. The summed E-state index contributed by atoms with van der Waals surface area (Å²) in [6.07, 6.45) is 7.78. The van der Waals surface area contributed by atoms with Gasteiger partial charge in [-0.1, -0.05) is 122 Å². The molecule has 0 aromatic rings. The van der Waals surface area contributed by atoms with E-state index >= 15 is 0 Å². The SMILES string of the molecule is CCCCCCCCCCCCCCC(CS)CCCCCCCCCC(F)(F)C(F)(F)C(F)(F)C(F)(F)C(F)(F)C(F)(F)C(F)(F)C(F)(F)F. The Bertz CT molecular complexity index is 935. The molecule has 0 aliphatic carbocycles. The molecule has 0 N–H and O–H groups in total. The van der Waals surface area contributed by atoms with Crippen molar-refractivity contribution in [2.24, 2.45) is 5.92 Å². The van der Waals surface area contributed by atoms with E-state index in [4.69, 9.17) is 0 Å². The van der Waals surface area contributed by atoms with Crippen LogP contribution in [-0.4, -0.2) is 53.4 Å². The number of unbranched alkanes of at least 4 members (excludes halogenated alkanes) is 17. The average molecular weight is 803 g/mol. The summed E-state index contributed by atoms with van der Waals surface area (Å²) in [5.74, 6) is -54.7. The summed E-state index contributed by atoms with van der Waals surface area (Å²) in [4.78, 5) is 0. The highest BCUT2D eigenvalue weighted by atomic mass is 32.1. The molecule has 0 bridgehead atoms. The Balaban J connectivity index is 4.63. The maximum Gasteiger partial charge on any atom is 0.460 e. The van der Waals surface area contributed by atoms with Gasteiger partial charge in [0.05, 0.1) is 0 Å². The Morgan fingerprint density at radius 2 is 0.627 bits per heavy atom. The largest absolute Gasteiger partial charge is 0.460 e. The van der Waals surface area contributed by atoms with Gasteiger partial charge in [0.1, 0.15) is 0 Å². The molecular formula is C33H51F17S. The van der Waals surface area contributed by atoms with E-state index in [9.17, 15) is 74.6 Å². The topological polar surface area (TPSA) is 0 Å². The predicted octanol–water partition coefficient (Wildman–Crippen LogP) is 15.1. The third-order valence-electron chi connectivity index (χ3n) is 9.11. The van der Waals surface area contributed by atoms with Crippen LogP contribution in [0.1, 0.15) is 148 Å². The minimum atomic E-state index is -8.58. The fourth-order valence-corrected chi connectivity index (χ4v) is 5.98. The Kier molecular flexibility index (Phi) is 21.0. The molecule has 0 fully saturated rings. The summed E-state index contributed by atoms with van der Waals surface area (Å²) >= 11 is 4.39. The smallest absolute Gasteiger partial charge is 0.200 e. The zero-order valence-electron chi connectivity index (χ0n) is 28.7. The summed E-state index contributed by atoms with van der Waals surface area (Å²) in [6.45, 7) is 2.19. The molecule has 0 saturated heterocycles. The van der Waals surface area contributed by atoms with Crippen molar-refractivity contribution in [3.05, 3.63) is 0 Å². The minimum absolute atomic E-state index is 0.0832. The monoisotopic (exact) mass is 802 g/mol. The molecule has 0 radical (unpaired) electrons. The van der Waals surface area contributed by atoms with E-state index < -0.39 is 60.5 Å². The molecule has 1 atom stereocenters. The quantitative estimate of drug-likeness (QED) is 0.0417. The van der Waals surface area contributed by atoms with Gasteiger partial charge in [0.25, 0.3) is 0 Å². The molecule has 0 aliphatic rings. The summed E-state index contributed by atoms with van der Waals surface area (Å²) in [7, 11) is 0. The second kappa shape index (κ2) is 21.3. The second-order valence-electron chi connectivity index (χ2n) is 13.4. The standard InChI is InChI=1S/C33H51F17S/c1-2-3-4-5-6-7-8-9-10-12-15-18-21-25(24-51)22-19-16-13-11-14-17-20-23-26(34,35)27(36,37)28(38,39)29(40,41)30(42,43)31(44,45)32(46,47)33(48,49)50/h25,51H,2-24H2,1H3. The molecule has 308 valence electrons. The summed E-state index contributed by atoms with van der Waals surface area (Å²) in [6, 6.07) is 0. The van der Waals surface area contributed by atoms with Crippen LogP contribution in [0.25, 0.3) is 0 Å². The zero-order chi connectivity index (χ0) is 39.8. The van der Waals surface area contributed by atoms with Crippen LogP contribution >= 0.6 is 12.6 Å². The molecular weight excluding hydrogens is 751 g/mol. The van der Waals surface area contributed by atoms with E-state index in [-0.39, 0.29) is 12.8 Å². The van der Waals surface area contributed by atoms with Gasteiger partial charge in [0.15, 0.2) is 0 Å². The van der Waals surface area contributed by atoms with Crippen molar-refractivity contribution in [3.8, 4) is 0 Å². The van der Waals surface area contributed by atoms with E-state index in [1.165, 1.54) is 64.2 Å². The van der Waals surface area contributed by atoms with Crippen molar-refractivity contribution in [2.75, 3.05) is 5.75 Å². The number of rotatable bonds is 30. The Morgan fingerprint density at radius 3 is 0.941 bits per heavy atom. The van der Waals surface area contributed by atoms with Crippen molar-refractivity contribution in [2.45, 2.75) is 196 Å². The molecule has 0 aromatic carbocycles. The fourth-order valence-electron chi connectivity index (χ4n) is 5.62. The lowest BCUT2D eigenvalue weighted by molar-refractivity contribution is -0.461. The molecule has 1 unspecified atom stereocenters. The Morgan fingerprint density at radius 1 is 0.353 bits per heavy atom. The lowest BCUT2D eigenvalue weighted by Gasteiger charge is -2.42. The van der Waals surface area contributed by atoms with Gasteiger partial charge in [-0.05, 0) is 30.9 Å². The highest BCUT2D eigenvalue weighted by Gasteiger charge is 2.95. The Labute approximate surface area is 294 Å². The van der Waals surface area contributed by atoms with Crippen molar-refractivity contribution >= 4 is 12.6 Å². The molecule has 0 rings (SSSR count). The van der Waals surface area contributed by atoms with Gasteiger partial charge in [0, 0.05) is 6.42 Å². The molecule has 18 heteroatoms. The first-order valence-electron chi connectivity index (χ1n) is 17.6. The van der Waals surface area contributed by atoms with Crippen LogP contribution in [0.2, 0.25) is 0 Å². The van der Waals surface area contributed by atoms with Crippen molar-refractivity contribution < 1.29 is 74.6 Å². The van der Waals surface area contributed by atoms with E-state index in [1.54, 1.807) is 0 Å². The molecule has 0 amide bonds. The van der Waals surface area contributed by atoms with Gasteiger partial charge in [-0.15, -0.1) is 0 Å². The normalized spacial score (nSPS) is 15.1. The van der Waals surface area contributed by atoms with Crippen LogP contribution < -0.4 is 0 Å². The van der Waals surface area contributed by atoms with Gasteiger partial charge in [-0.25, -0.2) is 0 Å². The van der Waals surface area contributed by atoms with E-state index in [0.29, 0.717) is 30.9 Å². The van der Waals surface area contributed by atoms with E-state index in [0.717, 1.165) is 32.1 Å². The van der Waals surface area contributed by atoms with Crippen LogP contribution in [0, 0.1) is 5.92 Å². The molecule has 51 heavy (non-hydrogen) atoms. The third-order valence-corrected chi connectivity index (χ3v) is 9.63. The van der Waals surface area contributed by atoms with Crippen LogP contribution in [0.3, 0.4) is 0 Å². The van der Waals surface area contributed by atoms with Crippen LogP contribution in [-0.2, 0) is 0 Å². The van der Waals surface area contributed by atoms with E-state index in [2.05, 4.69) is 19.6 Å². The summed E-state index contributed by atoms with van der Waals surface area (Å²) in [5, 5.41) is 0. The average Bonchev–Trinajstić information content (AvgIpc) is 3.02. The van der Waals surface area contributed by atoms with Gasteiger partial charge in [-0.2, -0.15) is 87.3 Å². The first kappa shape index (κ1) is 50.2. The summed E-state index contributed by atoms with van der Waals surface area (Å²) in [5.41, 5.74) is 0. The van der Waals surface area contributed by atoms with Crippen molar-refractivity contribution in [1.29, 1.82) is 0 Å². The van der Waals surface area contributed by atoms with Crippen LogP contribution in [0.4, 0.5) is 74.6 Å². The number of thiol groups is 1. The van der Waals surface area contributed by atoms with E-state index in [1.807, 2.05) is 0 Å². The number of hydrogen-bond donors (Lipinski definition) is 1. The lowest BCUT2D eigenvalue weighted by Crippen LogP contribution is -2.74. The lowest BCUT2D eigenvalue weighted by atomic mass is 9.87. The molecule has 0 aliphatic heterocycles. The highest BCUT2D eigenvalue weighted by Crippen LogP contribution is 2.64. The van der Waals surface area contributed by atoms with Crippen LogP contribution in [0.15, 0.2) is 0 Å². The zero-order valence-corrected chi connectivity index (χ0v) is 29.6. The van der Waals surface area contributed by atoms with Gasteiger partial charge in [-0.3, -0.25) is 0 Å². The molecule has 0 saturated carbocycles. The molecule has 0 spiro atoms. The second-order valence-corrected chi connectivity index (χ2v) is 13.8. The van der Waals surface area contributed by atoms with Gasteiger partial charge in [0.2, 0.25) is 0 Å². The third kappa shape index (κ3) is 13.2. The Hall–Kier alpha value is -0.840. The van der Waals surface area contributed by atoms with Crippen LogP contribution in [0.5, 0.6) is 0 Å². The maximum atomic E-state index is 14.0. The maximum absolute atomic E-state index is 14.0. The van der Waals surface area contributed by atoms with Crippen molar-refractivity contribution in [1.82, 2.24) is 0 Å². The molecule has 0 aromatic heterocycles. The number of hydrogen-bond acceptors (Lipinski definition) is 1. The fraction of sp³-hybridized carbons (Fsp3) is 1.00. The van der Waals surface area contributed by atoms with Crippen molar-refractivity contribution in [3.63, 3.8) is 0 Å². The van der Waals surface area contributed by atoms with Gasteiger partial charge < -0.3 is 0 Å². The first-order chi connectivity index (χ1) is 23.2. The summed E-state index contributed by atoms with van der Waals surface area (Å²) < 4.78 is 227. The predicted molar refractivity (Wildman–Crippen MR) is 165 cm³/mol.